The summed E-state index contributed by atoms with van der Waals surface area (Å²) < 4.78 is 33.4. The highest BCUT2D eigenvalue weighted by molar-refractivity contribution is 7.92. The first-order chi connectivity index (χ1) is 14.4. The molecule has 1 aliphatic rings. The molecule has 0 unspecified atom stereocenters. The van der Waals surface area contributed by atoms with Gasteiger partial charge in [-0.3, -0.25) is 9.52 Å². The van der Waals surface area contributed by atoms with E-state index in [9.17, 15) is 13.2 Å². The highest BCUT2D eigenvalue weighted by Gasteiger charge is 2.32. The zero-order valence-electron chi connectivity index (χ0n) is 16.7. The Morgan fingerprint density at radius 1 is 1.03 bits per heavy atom. The van der Waals surface area contributed by atoms with Crippen LogP contribution in [0.4, 0.5) is 11.4 Å². The van der Waals surface area contributed by atoms with Gasteiger partial charge in [0.25, 0.3) is 15.9 Å². The van der Waals surface area contributed by atoms with Gasteiger partial charge in [0.05, 0.1) is 12.0 Å². The Kier molecular flexibility index (Phi) is 5.22. The molecule has 0 bridgehead atoms. The van der Waals surface area contributed by atoms with Crippen LogP contribution in [-0.4, -0.2) is 27.5 Å². The van der Waals surface area contributed by atoms with Crippen LogP contribution in [-0.2, 0) is 16.4 Å². The summed E-state index contributed by atoms with van der Waals surface area (Å²) in [5, 5.41) is 0. The van der Waals surface area contributed by atoms with Crippen molar-refractivity contribution in [3.63, 3.8) is 0 Å². The van der Waals surface area contributed by atoms with Crippen molar-refractivity contribution in [2.45, 2.75) is 24.3 Å². The predicted octanol–water partition coefficient (Wildman–Crippen LogP) is 4.09. The van der Waals surface area contributed by atoms with E-state index >= 15 is 0 Å². The second kappa shape index (κ2) is 7.84. The number of nitrogens with one attached hydrogen (secondary N) is 1. The van der Waals surface area contributed by atoms with Crippen molar-refractivity contribution in [3.05, 3.63) is 83.9 Å². The topological polar surface area (TPSA) is 75.7 Å². The summed E-state index contributed by atoms with van der Waals surface area (Å²) >= 11 is 0. The average molecular weight is 423 g/mol. The maximum absolute atomic E-state index is 13.0. The summed E-state index contributed by atoms with van der Waals surface area (Å²) in [7, 11) is -2.20. The number of benzene rings is 3. The molecule has 1 amide bonds. The maximum atomic E-state index is 13.0. The van der Waals surface area contributed by atoms with Crippen molar-refractivity contribution >= 4 is 27.3 Å². The van der Waals surface area contributed by atoms with E-state index in [1.807, 2.05) is 25.1 Å². The van der Waals surface area contributed by atoms with E-state index in [0.717, 1.165) is 11.3 Å². The van der Waals surface area contributed by atoms with Crippen molar-refractivity contribution in [2.75, 3.05) is 16.7 Å². The lowest BCUT2D eigenvalue weighted by molar-refractivity contribution is 0.0981. The number of amides is 1. The van der Waals surface area contributed by atoms with Crippen molar-refractivity contribution in [3.8, 4) is 5.75 Å². The molecule has 1 N–H and O–H groups in total. The molecule has 6 nitrogen and oxygen atoms in total. The Labute approximate surface area is 176 Å². The molecule has 1 heterocycles. The summed E-state index contributed by atoms with van der Waals surface area (Å²) in [6.07, 6.45) is 0.597. The molecule has 0 saturated heterocycles. The Bertz CT molecular complexity index is 1180. The van der Waals surface area contributed by atoms with E-state index in [0.29, 0.717) is 23.4 Å². The number of fused-ring (bicyclic) bond motifs is 1. The van der Waals surface area contributed by atoms with Crippen molar-refractivity contribution in [2.24, 2.45) is 0 Å². The third-order valence-electron chi connectivity index (χ3n) is 5.16. The molecule has 1 atom stereocenters. The van der Waals surface area contributed by atoms with Gasteiger partial charge in [0.15, 0.2) is 0 Å². The summed E-state index contributed by atoms with van der Waals surface area (Å²) in [6, 6.07) is 20.6. The fraction of sp³-hybridized carbons (Fsp3) is 0.174. The molecule has 30 heavy (non-hydrogen) atoms. The minimum Gasteiger partial charge on any atom is -0.497 e. The molecule has 0 aromatic heterocycles. The quantitative estimate of drug-likeness (QED) is 0.672. The molecule has 154 valence electrons. The number of sulfonamides is 1. The zero-order chi connectivity index (χ0) is 21.3. The molecule has 0 radical (unpaired) electrons. The number of nitrogens with zero attached hydrogens (tertiary/aromatic N) is 1. The van der Waals surface area contributed by atoms with Gasteiger partial charge in [0.2, 0.25) is 0 Å². The number of carbonyl (C=O) groups excluding carboxylic acids is 1. The zero-order valence-corrected chi connectivity index (χ0v) is 17.5. The van der Waals surface area contributed by atoms with E-state index in [1.54, 1.807) is 60.5 Å². The Morgan fingerprint density at radius 3 is 2.40 bits per heavy atom. The number of carbonyl (C=O) groups is 1. The minimum atomic E-state index is -3.76. The van der Waals surface area contributed by atoms with Crippen molar-refractivity contribution < 1.29 is 17.9 Å². The van der Waals surface area contributed by atoms with Crippen LogP contribution in [0, 0.1) is 0 Å². The van der Waals surface area contributed by atoms with Gasteiger partial charge in [-0.1, -0.05) is 18.2 Å². The van der Waals surface area contributed by atoms with E-state index in [4.69, 9.17) is 4.74 Å². The fourth-order valence-electron chi connectivity index (χ4n) is 3.68. The van der Waals surface area contributed by atoms with Gasteiger partial charge >= 0.3 is 0 Å². The van der Waals surface area contributed by atoms with Gasteiger partial charge in [0.1, 0.15) is 5.75 Å². The highest BCUT2D eigenvalue weighted by atomic mass is 32.2. The third-order valence-corrected chi connectivity index (χ3v) is 6.54. The minimum absolute atomic E-state index is 0.0554. The predicted molar refractivity (Wildman–Crippen MR) is 117 cm³/mol. The summed E-state index contributed by atoms with van der Waals surface area (Å²) in [5.74, 6) is 0.557. The molecule has 0 fully saturated rings. The van der Waals surface area contributed by atoms with Crippen molar-refractivity contribution in [1.29, 1.82) is 0 Å². The highest BCUT2D eigenvalue weighted by Crippen LogP contribution is 2.35. The van der Waals surface area contributed by atoms with Gasteiger partial charge in [-0.2, -0.15) is 0 Å². The first kappa shape index (κ1) is 20.0. The molecule has 0 spiro atoms. The average Bonchev–Trinajstić information content (AvgIpc) is 3.09. The summed E-state index contributed by atoms with van der Waals surface area (Å²) in [4.78, 5) is 14.9. The third kappa shape index (κ3) is 3.76. The Morgan fingerprint density at radius 2 is 1.73 bits per heavy atom. The fourth-order valence-corrected chi connectivity index (χ4v) is 4.79. The van der Waals surface area contributed by atoms with Gasteiger partial charge in [-0.25, -0.2) is 8.42 Å². The summed E-state index contributed by atoms with van der Waals surface area (Å²) in [6.45, 7) is 1.96. The number of anilines is 2. The lowest BCUT2D eigenvalue weighted by Gasteiger charge is -2.23. The molecule has 4 rings (SSSR count). The van der Waals surface area contributed by atoms with Gasteiger partial charge in [-0.15, -0.1) is 0 Å². The molecule has 3 aromatic rings. The van der Waals surface area contributed by atoms with E-state index in [2.05, 4.69) is 4.72 Å². The number of methoxy groups -OCH3 is 1. The van der Waals surface area contributed by atoms with Crippen LogP contribution >= 0.6 is 0 Å². The summed E-state index contributed by atoms with van der Waals surface area (Å²) in [5.41, 5.74) is 2.64. The molecule has 3 aromatic carbocycles. The Balaban J connectivity index is 1.61. The number of hydrogen-bond acceptors (Lipinski definition) is 4. The van der Waals surface area contributed by atoms with Crippen LogP contribution in [0.5, 0.6) is 5.75 Å². The molecule has 0 saturated carbocycles. The van der Waals surface area contributed by atoms with E-state index < -0.39 is 10.0 Å². The maximum Gasteiger partial charge on any atom is 0.261 e. The number of rotatable bonds is 5. The van der Waals surface area contributed by atoms with E-state index in [1.165, 1.54) is 6.07 Å². The standard InChI is InChI=1S/C23H22N2O4S/c1-16-14-18-15-21(30(27,28)24-19-8-10-20(29-2)11-9-19)12-13-22(18)25(16)23(26)17-6-4-3-5-7-17/h3-13,15-16,24H,14H2,1-2H3/t16-/m0/s1. The molecule has 7 heteroatoms. The number of hydrogen-bond donors (Lipinski definition) is 1. The molecule has 0 aliphatic carbocycles. The Hall–Kier alpha value is -3.32. The van der Waals surface area contributed by atoms with Crippen LogP contribution in [0.1, 0.15) is 22.8 Å². The SMILES string of the molecule is COc1ccc(NS(=O)(=O)c2ccc3c(c2)C[C@H](C)N3C(=O)c2ccccc2)cc1. The largest absolute Gasteiger partial charge is 0.497 e. The van der Waals surface area contributed by atoms with Crippen LogP contribution in [0.3, 0.4) is 0 Å². The van der Waals surface area contributed by atoms with Gasteiger partial charge < -0.3 is 9.64 Å². The lowest BCUT2D eigenvalue weighted by atomic mass is 10.1. The molecular formula is C23H22N2O4S. The smallest absolute Gasteiger partial charge is 0.261 e. The van der Waals surface area contributed by atoms with E-state index in [-0.39, 0.29) is 16.8 Å². The second-order valence-electron chi connectivity index (χ2n) is 7.22. The van der Waals surface area contributed by atoms with Crippen LogP contribution in [0.15, 0.2) is 77.7 Å². The molecule has 1 aliphatic heterocycles. The normalized spacial score (nSPS) is 15.5. The van der Waals surface area contributed by atoms with Gasteiger partial charge in [-0.05, 0) is 73.5 Å². The van der Waals surface area contributed by atoms with Gasteiger partial charge in [0, 0.05) is 23.0 Å². The first-order valence-electron chi connectivity index (χ1n) is 9.57. The van der Waals surface area contributed by atoms with Crippen LogP contribution < -0.4 is 14.4 Å². The lowest BCUT2D eigenvalue weighted by Crippen LogP contribution is -2.35. The molecular weight excluding hydrogens is 400 g/mol. The first-order valence-corrected chi connectivity index (χ1v) is 11.1. The van der Waals surface area contributed by atoms with Crippen molar-refractivity contribution in [1.82, 2.24) is 0 Å². The number of ether oxygens (including phenoxy) is 1. The van der Waals surface area contributed by atoms with Crippen LogP contribution in [0.25, 0.3) is 0 Å². The second-order valence-corrected chi connectivity index (χ2v) is 8.90. The van der Waals surface area contributed by atoms with Crippen LogP contribution in [0.2, 0.25) is 0 Å². The monoisotopic (exact) mass is 422 g/mol.